The number of methoxy groups -OCH3 is 1. The Morgan fingerprint density at radius 1 is 1.12 bits per heavy atom. The van der Waals surface area contributed by atoms with Gasteiger partial charge < -0.3 is 15.0 Å². The molecule has 0 spiro atoms. The van der Waals surface area contributed by atoms with Crippen molar-refractivity contribution in [2.24, 2.45) is 0 Å². The summed E-state index contributed by atoms with van der Waals surface area (Å²) in [6.45, 7) is 3.94. The zero-order chi connectivity index (χ0) is 19.1. The van der Waals surface area contributed by atoms with E-state index in [1.807, 2.05) is 56.3 Å². The van der Waals surface area contributed by atoms with Crippen LogP contribution in [0.4, 0.5) is 5.69 Å². The number of thioether (sulfide) groups is 1. The van der Waals surface area contributed by atoms with Crippen LogP contribution >= 0.6 is 11.8 Å². The molecule has 2 rings (SSSR count). The molecule has 5 nitrogen and oxygen atoms in total. The minimum atomic E-state index is -0.205. The summed E-state index contributed by atoms with van der Waals surface area (Å²) in [6.07, 6.45) is 0. The van der Waals surface area contributed by atoms with Crippen molar-refractivity contribution in [2.75, 3.05) is 31.8 Å². The molecular formula is C20H24N2O3S. The number of carbonyl (C=O) groups is 2. The van der Waals surface area contributed by atoms with Crippen LogP contribution in [0.3, 0.4) is 0 Å². The van der Waals surface area contributed by atoms with Gasteiger partial charge in [-0.05, 0) is 55.3 Å². The van der Waals surface area contributed by atoms with Gasteiger partial charge in [0.1, 0.15) is 5.75 Å². The number of likely N-dealkylation sites (N-methyl/N-ethyl adjacent to an activating group) is 1. The van der Waals surface area contributed by atoms with Gasteiger partial charge >= 0.3 is 0 Å². The summed E-state index contributed by atoms with van der Waals surface area (Å²) in [4.78, 5) is 26.9. The van der Waals surface area contributed by atoms with Gasteiger partial charge in [0.05, 0.1) is 19.4 Å². The van der Waals surface area contributed by atoms with E-state index in [2.05, 4.69) is 5.32 Å². The summed E-state index contributed by atoms with van der Waals surface area (Å²) >= 11 is 1.43. The molecular weight excluding hydrogens is 348 g/mol. The number of rotatable bonds is 7. The molecule has 0 saturated carbocycles. The monoisotopic (exact) mass is 372 g/mol. The van der Waals surface area contributed by atoms with Crippen LogP contribution in [0.5, 0.6) is 5.75 Å². The first-order valence-electron chi connectivity index (χ1n) is 8.27. The fraction of sp³-hybridized carbons (Fsp3) is 0.300. The van der Waals surface area contributed by atoms with Gasteiger partial charge in [-0.1, -0.05) is 12.1 Å². The van der Waals surface area contributed by atoms with Crippen molar-refractivity contribution >= 4 is 29.3 Å². The van der Waals surface area contributed by atoms with Crippen LogP contribution in [0.1, 0.15) is 11.1 Å². The van der Waals surface area contributed by atoms with Crippen LogP contribution in [-0.4, -0.2) is 43.2 Å². The average Bonchev–Trinajstić information content (AvgIpc) is 2.63. The van der Waals surface area contributed by atoms with Crippen LogP contribution in [0.15, 0.2) is 47.4 Å². The highest BCUT2D eigenvalue weighted by atomic mass is 32.2. The lowest BCUT2D eigenvalue weighted by Crippen LogP contribution is -2.36. The molecule has 0 aliphatic rings. The summed E-state index contributed by atoms with van der Waals surface area (Å²) in [5.74, 6) is 0.756. The maximum absolute atomic E-state index is 12.2. The van der Waals surface area contributed by atoms with Gasteiger partial charge in [-0.3, -0.25) is 9.59 Å². The highest BCUT2D eigenvalue weighted by Gasteiger charge is 2.14. The molecule has 0 saturated heterocycles. The van der Waals surface area contributed by atoms with Gasteiger partial charge in [-0.2, -0.15) is 0 Å². The van der Waals surface area contributed by atoms with Crippen LogP contribution in [0.25, 0.3) is 0 Å². The molecule has 1 N–H and O–H groups in total. The molecule has 0 fully saturated rings. The van der Waals surface area contributed by atoms with Crippen molar-refractivity contribution in [1.29, 1.82) is 0 Å². The molecule has 6 heteroatoms. The topological polar surface area (TPSA) is 58.6 Å². The molecule has 2 amide bonds. The number of ether oxygens (including phenoxy) is 1. The quantitative estimate of drug-likeness (QED) is 0.756. The van der Waals surface area contributed by atoms with Crippen molar-refractivity contribution in [3.8, 4) is 5.75 Å². The fourth-order valence-corrected chi connectivity index (χ4v) is 3.13. The number of benzene rings is 2. The Kier molecular flexibility index (Phi) is 7.09. The minimum absolute atomic E-state index is 0.0232. The van der Waals surface area contributed by atoms with Crippen LogP contribution in [0, 0.1) is 13.8 Å². The molecule has 0 unspecified atom stereocenters. The Balaban J connectivity index is 1.83. The molecule has 138 valence electrons. The summed E-state index contributed by atoms with van der Waals surface area (Å²) in [5.41, 5.74) is 2.85. The molecule has 0 radical (unpaired) electrons. The van der Waals surface area contributed by atoms with Gasteiger partial charge in [-0.25, -0.2) is 0 Å². The summed E-state index contributed by atoms with van der Waals surface area (Å²) in [5, 5.41) is 2.87. The number of hydrogen-bond acceptors (Lipinski definition) is 4. The molecule has 26 heavy (non-hydrogen) atoms. The predicted molar refractivity (Wildman–Crippen MR) is 106 cm³/mol. The number of hydrogen-bond donors (Lipinski definition) is 1. The maximum atomic E-state index is 12.2. The van der Waals surface area contributed by atoms with Gasteiger partial charge in [0, 0.05) is 17.6 Å². The second-order valence-electron chi connectivity index (χ2n) is 6.08. The third kappa shape index (κ3) is 5.81. The van der Waals surface area contributed by atoms with E-state index in [0.717, 1.165) is 27.5 Å². The molecule has 0 aliphatic heterocycles. The molecule has 0 aromatic heterocycles. The molecule has 0 aliphatic carbocycles. The Labute approximate surface area is 158 Å². The second-order valence-corrected chi connectivity index (χ2v) is 7.13. The van der Waals surface area contributed by atoms with Crippen molar-refractivity contribution in [2.45, 2.75) is 18.7 Å². The minimum Gasteiger partial charge on any atom is -0.497 e. The normalized spacial score (nSPS) is 10.3. The van der Waals surface area contributed by atoms with E-state index in [0.29, 0.717) is 0 Å². The Morgan fingerprint density at radius 3 is 2.46 bits per heavy atom. The van der Waals surface area contributed by atoms with Gasteiger partial charge in [-0.15, -0.1) is 11.8 Å². The first-order chi connectivity index (χ1) is 12.4. The van der Waals surface area contributed by atoms with Gasteiger partial charge in [0.25, 0.3) is 0 Å². The third-order valence-electron chi connectivity index (χ3n) is 3.90. The van der Waals surface area contributed by atoms with Crippen molar-refractivity contribution in [1.82, 2.24) is 4.90 Å². The lowest BCUT2D eigenvalue weighted by Gasteiger charge is -2.17. The van der Waals surface area contributed by atoms with Crippen molar-refractivity contribution < 1.29 is 14.3 Å². The molecule has 0 atom stereocenters. The first-order valence-corrected chi connectivity index (χ1v) is 9.25. The van der Waals surface area contributed by atoms with E-state index in [1.54, 1.807) is 14.2 Å². The van der Waals surface area contributed by atoms with Crippen LogP contribution < -0.4 is 10.1 Å². The number of anilines is 1. The van der Waals surface area contributed by atoms with Gasteiger partial charge in [0.15, 0.2) is 0 Å². The molecule has 0 bridgehead atoms. The highest BCUT2D eigenvalue weighted by Crippen LogP contribution is 2.21. The number of amides is 2. The van der Waals surface area contributed by atoms with Crippen molar-refractivity contribution in [3.05, 3.63) is 53.6 Å². The Bertz CT molecular complexity index is 775. The molecule has 0 heterocycles. The Morgan fingerprint density at radius 2 is 1.81 bits per heavy atom. The summed E-state index contributed by atoms with van der Waals surface area (Å²) < 4.78 is 5.11. The second kappa shape index (κ2) is 9.29. The summed E-state index contributed by atoms with van der Waals surface area (Å²) in [6, 6.07) is 13.4. The van der Waals surface area contributed by atoms with Crippen LogP contribution in [0.2, 0.25) is 0 Å². The average molecular weight is 372 g/mol. The number of carbonyl (C=O) groups excluding carboxylic acids is 2. The van der Waals surface area contributed by atoms with Crippen LogP contribution in [-0.2, 0) is 9.59 Å². The molecule has 2 aromatic rings. The SMILES string of the molecule is COc1ccc(SCC(=O)N(C)CC(=O)Nc2cc(C)ccc2C)cc1. The highest BCUT2D eigenvalue weighted by molar-refractivity contribution is 8.00. The van der Waals surface area contributed by atoms with E-state index in [4.69, 9.17) is 4.74 Å². The zero-order valence-electron chi connectivity index (χ0n) is 15.5. The van der Waals surface area contributed by atoms with E-state index in [1.165, 1.54) is 16.7 Å². The lowest BCUT2D eigenvalue weighted by atomic mass is 10.1. The number of nitrogens with zero attached hydrogens (tertiary/aromatic N) is 1. The van der Waals surface area contributed by atoms with Gasteiger partial charge in [0.2, 0.25) is 11.8 Å². The largest absolute Gasteiger partial charge is 0.497 e. The molecule has 2 aromatic carbocycles. The third-order valence-corrected chi connectivity index (χ3v) is 4.89. The maximum Gasteiger partial charge on any atom is 0.243 e. The van der Waals surface area contributed by atoms with Crippen molar-refractivity contribution in [3.63, 3.8) is 0 Å². The smallest absolute Gasteiger partial charge is 0.243 e. The standard InChI is InChI=1S/C20H24N2O3S/c1-14-5-6-15(2)18(11-14)21-19(23)12-22(3)20(24)13-26-17-9-7-16(25-4)8-10-17/h5-11H,12-13H2,1-4H3,(H,21,23). The fourth-order valence-electron chi connectivity index (χ4n) is 2.29. The van der Waals surface area contributed by atoms with E-state index in [-0.39, 0.29) is 24.1 Å². The summed E-state index contributed by atoms with van der Waals surface area (Å²) in [7, 11) is 3.25. The first kappa shape index (κ1) is 19.8. The van der Waals surface area contributed by atoms with E-state index < -0.39 is 0 Å². The van der Waals surface area contributed by atoms with E-state index >= 15 is 0 Å². The zero-order valence-corrected chi connectivity index (χ0v) is 16.4. The van der Waals surface area contributed by atoms with E-state index in [9.17, 15) is 9.59 Å². The lowest BCUT2D eigenvalue weighted by molar-refractivity contribution is -0.131. The number of nitrogens with one attached hydrogen (secondary N) is 1. The Hall–Kier alpha value is -2.47. The predicted octanol–water partition coefficient (Wildman–Crippen LogP) is 3.50. The number of aryl methyl sites for hydroxylation is 2.